The fourth-order valence-electron chi connectivity index (χ4n) is 3.06. The molecule has 0 aliphatic rings. The Bertz CT molecular complexity index is 1490. The molecule has 47 heavy (non-hydrogen) atoms. The standard InChI is InChI=1S/C31H32O16/c1-8-24(32)42-11-18(12-43-27(37)15(2)3)46-30(40)22-9-21(26(35)36)23(10-20(22)25(33)34)31(41)47-19(13-44-28(38)16(4)5)14-45-29(39)17(6)7/h8-10,18-19H,1-2,4,6,11-14H2,3,5,7H3,(H,33,34)(H,35,36). The number of ether oxygens (including phenoxy) is 6. The highest BCUT2D eigenvalue weighted by atomic mass is 16.6. The van der Waals surface area contributed by atoms with E-state index in [1.807, 2.05) is 0 Å². The number of hydrogen-bond donors (Lipinski definition) is 2. The maximum absolute atomic E-state index is 13.1. The van der Waals surface area contributed by atoms with Crippen LogP contribution in [-0.2, 0) is 47.6 Å². The van der Waals surface area contributed by atoms with Crippen LogP contribution in [0.5, 0.6) is 0 Å². The second-order valence-electron chi connectivity index (χ2n) is 9.58. The van der Waals surface area contributed by atoms with Gasteiger partial charge in [0.15, 0.2) is 12.2 Å². The molecule has 0 saturated heterocycles. The maximum Gasteiger partial charge on any atom is 0.339 e. The van der Waals surface area contributed by atoms with Gasteiger partial charge >= 0.3 is 47.8 Å². The van der Waals surface area contributed by atoms with Crippen LogP contribution >= 0.6 is 0 Å². The van der Waals surface area contributed by atoms with Crippen LogP contribution in [0.4, 0.5) is 0 Å². The molecule has 1 rings (SSSR count). The van der Waals surface area contributed by atoms with Gasteiger partial charge < -0.3 is 38.6 Å². The van der Waals surface area contributed by atoms with E-state index in [4.69, 9.17) is 28.4 Å². The van der Waals surface area contributed by atoms with E-state index < -0.39 is 109 Å². The number of aromatic carboxylic acids is 2. The van der Waals surface area contributed by atoms with Gasteiger partial charge in [0.2, 0.25) is 0 Å². The third-order valence-corrected chi connectivity index (χ3v) is 5.43. The first kappa shape index (κ1) is 39.0. The SMILES string of the molecule is C=CC(=O)OCC(COC(=O)C(=C)C)OC(=O)c1cc(C(=O)O)c(C(=O)OC(COC(=O)C(=C)C)COC(=O)C(=C)C)cc1C(=O)O. The van der Waals surface area contributed by atoms with Crippen molar-refractivity contribution in [2.45, 2.75) is 33.0 Å². The van der Waals surface area contributed by atoms with Crippen LogP contribution in [0.3, 0.4) is 0 Å². The molecule has 0 radical (unpaired) electrons. The van der Waals surface area contributed by atoms with Gasteiger partial charge in [-0.15, -0.1) is 0 Å². The molecule has 0 fully saturated rings. The first-order valence-electron chi connectivity index (χ1n) is 13.2. The predicted molar refractivity (Wildman–Crippen MR) is 157 cm³/mol. The summed E-state index contributed by atoms with van der Waals surface area (Å²) in [6.45, 7) is 14.6. The van der Waals surface area contributed by atoms with E-state index in [-0.39, 0.29) is 16.7 Å². The van der Waals surface area contributed by atoms with Gasteiger partial charge in [-0.1, -0.05) is 26.3 Å². The molecule has 0 aromatic heterocycles. The summed E-state index contributed by atoms with van der Waals surface area (Å²) < 4.78 is 30.0. The van der Waals surface area contributed by atoms with E-state index in [9.17, 15) is 48.6 Å². The van der Waals surface area contributed by atoms with E-state index in [0.29, 0.717) is 12.1 Å². The van der Waals surface area contributed by atoms with Crippen molar-refractivity contribution in [3.63, 3.8) is 0 Å². The van der Waals surface area contributed by atoms with Crippen LogP contribution in [0.25, 0.3) is 0 Å². The smallest absolute Gasteiger partial charge is 0.339 e. The third kappa shape index (κ3) is 12.5. The molecule has 2 N–H and O–H groups in total. The first-order valence-corrected chi connectivity index (χ1v) is 13.2. The topological polar surface area (TPSA) is 232 Å². The average Bonchev–Trinajstić information content (AvgIpc) is 3.01. The monoisotopic (exact) mass is 660 g/mol. The number of benzene rings is 1. The number of carbonyl (C=O) groups excluding carboxylic acids is 6. The van der Waals surface area contributed by atoms with Gasteiger partial charge in [-0.05, 0) is 32.9 Å². The molecular formula is C31H32O16. The van der Waals surface area contributed by atoms with Crippen molar-refractivity contribution in [1.82, 2.24) is 0 Å². The Kier molecular flexibility index (Phi) is 15.0. The van der Waals surface area contributed by atoms with E-state index in [0.717, 1.165) is 6.08 Å². The lowest BCUT2D eigenvalue weighted by molar-refractivity contribution is -0.149. The highest BCUT2D eigenvalue weighted by Gasteiger charge is 2.31. The van der Waals surface area contributed by atoms with Gasteiger partial charge in [0.05, 0.1) is 22.3 Å². The van der Waals surface area contributed by atoms with Crippen molar-refractivity contribution in [3.05, 3.63) is 83.5 Å². The first-order chi connectivity index (χ1) is 21.9. The number of carboxylic acids is 2. The molecule has 16 heteroatoms. The van der Waals surface area contributed by atoms with Gasteiger partial charge in [-0.2, -0.15) is 0 Å². The number of rotatable bonds is 18. The lowest BCUT2D eigenvalue weighted by Gasteiger charge is -2.20. The van der Waals surface area contributed by atoms with Gasteiger partial charge in [0.1, 0.15) is 26.4 Å². The van der Waals surface area contributed by atoms with Crippen molar-refractivity contribution < 1.29 is 77.0 Å². The van der Waals surface area contributed by atoms with Gasteiger partial charge in [-0.25, -0.2) is 38.4 Å². The van der Waals surface area contributed by atoms with E-state index in [2.05, 4.69) is 26.3 Å². The molecule has 0 amide bonds. The van der Waals surface area contributed by atoms with Crippen LogP contribution < -0.4 is 0 Å². The summed E-state index contributed by atoms with van der Waals surface area (Å²) in [6, 6.07) is 1.05. The summed E-state index contributed by atoms with van der Waals surface area (Å²) in [5, 5.41) is 19.6. The minimum absolute atomic E-state index is 0.0224. The van der Waals surface area contributed by atoms with Crippen LogP contribution in [0, 0.1) is 0 Å². The fraction of sp³-hybridized carbons (Fsp3) is 0.290. The van der Waals surface area contributed by atoms with Gasteiger partial charge in [0, 0.05) is 22.8 Å². The van der Waals surface area contributed by atoms with E-state index in [1.54, 1.807) is 0 Å². The molecule has 0 aliphatic carbocycles. The molecular weight excluding hydrogens is 628 g/mol. The average molecular weight is 661 g/mol. The summed E-state index contributed by atoms with van der Waals surface area (Å²) in [6.07, 6.45) is -2.24. The zero-order valence-electron chi connectivity index (χ0n) is 25.7. The Morgan fingerprint density at radius 2 is 0.894 bits per heavy atom. The van der Waals surface area contributed by atoms with Crippen molar-refractivity contribution in [3.8, 4) is 0 Å². The second kappa shape index (κ2) is 18.0. The summed E-state index contributed by atoms with van der Waals surface area (Å²) in [7, 11) is 0. The normalized spacial score (nSPS) is 10.8. The molecule has 1 unspecified atom stereocenters. The zero-order valence-corrected chi connectivity index (χ0v) is 25.7. The van der Waals surface area contributed by atoms with Crippen molar-refractivity contribution in [1.29, 1.82) is 0 Å². The summed E-state index contributed by atoms with van der Waals surface area (Å²) in [4.78, 5) is 97.5. The van der Waals surface area contributed by atoms with Crippen molar-refractivity contribution in [2.75, 3.05) is 26.4 Å². The summed E-state index contributed by atoms with van der Waals surface area (Å²) in [5.74, 6) is -10.2. The Morgan fingerprint density at radius 3 is 1.15 bits per heavy atom. The second-order valence-corrected chi connectivity index (χ2v) is 9.58. The Morgan fingerprint density at radius 1 is 0.596 bits per heavy atom. The lowest BCUT2D eigenvalue weighted by atomic mass is 9.98. The minimum atomic E-state index is -1.81. The Labute approximate surface area is 267 Å². The predicted octanol–water partition coefficient (Wildman–Crippen LogP) is 2.22. The summed E-state index contributed by atoms with van der Waals surface area (Å²) >= 11 is 0. The molecule has 1 aromatic carbocycles. The van der Waals surface area contributed by atoms with E-state index in [1.165, 1.54) is 20.8 Å². The molecule has 0 spiro atoms. The van der Waals surface area contributed by atoms with Crippen LogP contribution in [0.1, 0.15) is 62.2 Å². The molecule has 0 bridgehead atoms. The lowest BCUT2D eigenvalue weighted by Crippen LogP contribution is -2.32. The number of carboxylic acid groups (broad SMARTS) is 2. The maximum atomic E-state index is 13.1. The molecule has 1 aromatic rings. The van der Waals surface area contributed by atoms with Gasteiger partial charge in [-0.3, -0.25) is 0 Å². The van der Waals surface area contributed by atoms with Crippen molar-refractivity contribution in [2.24, 2.45) is 0 Å². The fourth-order valence-corrected chi connectivity index (χ4v) is 3.06. The highest BCUT2D eigenvalue weighted by Crippen LogP contribution is 2.22. The molecule has 252 valence electrons. The number of carbonyl (C=O) groups is 8. The van der Waals surface area contributed by atoms with Crippen LogP contribution in [0.15, 0.2) is 61.2 Å². The Balaban J connectivity index is 3.49. The third-order valence-electron chi connectivity index (χ3n) is 5.43. The van der Waals surface area contributed by atoms with Gasteiger partial charge in [0.25, 0.3) is 0 Å². The number of esters is 6. The Hall–Kier alpha value is -6.06. The highest BCUT2D eigenvalue weighted by molar-refractivity contribution is 6.09. The molecule has 16 nitrogen and oxygen atoms in total. The van der Waals surface area contributed by atoms with E-state index >= 15 is 0 Å². The van der Waals surface area contributed by atoms with Crippen LogP contribution in [-0.4, -0.2) is 96.6 Å². The molecule has 0 saturated carbocycles. The molecule has 0 heterocycles. The summed E-state index contributed by atoms with van der Waals surface area (Å²) in [5.41, 5.74) is -3.64. The zero-order chi connectivity index (χ0) is 36.0. The van der Waals surface area contributed by atoms with Crippen LogP contribution in [0.2, 0.25) is 0 Å². The largest absolute Gasteiger partial charge is 0.478 e. The minimum Gasteiger partial charge on any atom is -0.478 e. The number of hydrogen-bond acceptors (Lipinski definition) is 14. The quantitative estimate of drug-likeness (QED) is 0.130. The molecule has 0 aliphatic heterocycles. The van der Waals surface area contributed by atoms with Crippen molar-refractivity contribution >= 4 is 47.8 Å². The molecule has 1 atom stereocenters.